The average Bonchev–Trinajstić information content (AvgIpc) is 2.74. The summed E-state index contributed by atoms with van der Waals surface area (Å²) in [5, 5.41) is 6.83. The van der Waals surface area contributed by atoms with Crippen LogP contribution >= 0.6 is 0 Å². The topological polar surface area (TPSA) is 63.9 Å². The van der Waals surface area contributed by atoms with Crippen LogP contribution in [0.25, 0.3) is 11.3 Å². The lowest BCUT2D eigenvalue weighted by Gasteiger charge is -2.06. The summed E-state index contributed by atoms with van der Waals surface area (Å²) in [4.78, 5) is 0. The number of methoxy groups -OCH3 is 1. The van der Waals surface area contributed by atoms with Crippen molar-refractivity contribution < 1.29 is 13.5 Å². The molecule has 0 bridgehead atoms. The minimum absolute atomic E-state index is 0.107. The van der Waals surface area contributed by atoms with Crippen molar-refractivity contribution in [3.05, 3.63) is 35.0 Å². The van der Waals surface area contributed by atoms with Crippen molar-refractivity contribution in [2.45, 2.75) is 13.3 Å². The number of halogens is 2. The van der Waals surface area contributed by atoms with Crippen LogP contribution in [0.1, 0.15) is 11.3 Å². The van der Waals surface area contributed by atoms with Crippen LogP contribution in [0.5, 0.6) is 5.75 Å². The van der Waals surface area contributed by atoms with Gasteiger partial charge in [-0.3, -0.25) is 5.10 Å². The highest BCUT2D eigenvalue weighted by atomic mass is 19.1. The number of nitrogens with two attached hydrogens (primary N) is 1. The summed E-state index contributed by atoms with van der Waals surface area (Å²) in [5.41, 5.74) is 7.57. The van der Waals surface area contributed by atoms with Crippen LogP contribution < -0.4 is 10.5 Å². The van der Waals surface area contributed by atoms with Gasteiger partial charge in [0, 0.05) is 23.7 Å². The van der Waals surface area contributed by atoms with E-state index in [0.29, 0.717) is 18.7 Å². The van der Waals surface area contributed by atoms with Gasteiger partial charge in [-0.15, -0.1) is 0 Å². The zero-order valence-electron chi connectivity index (χ0n) is 10.8. The van der Waals surface area contributed by atoms with Crippen LogP contribution in [0.3, 0.4) is 0 Å². The number of ether oxygens (including phenoxy) is 1. The third kappa shape index (κ3) is 2.44. The van der Waals surface area contributed by atoms with Crippen molar-refractivity contribution in [1.82, 2.24) is 10.2 Å². The Hall–Kier alpha value is -1.95. The minimum atomic E-state index is -0.623. The summed E-state index contributed by atoms with van der Waals surface area (Å²) in [5.74, 6) is -1.33. The molecule has 1 heterocycles. The molecule has 4 nitrogen and oxygen atoms in total. The van der Waals surface area contributed by atoms with E-state index in [0.717, 1.165) is 23.4 Å². The second kappa shape index (κ2) is 5.36. The maximum Gasteiger partial charge on any atom is 0.165 e. The van der Waals surface area contributed by atoms with Crippen molar-refractivity contribution in [3.63, 3.8) is 0 Å². The van der Waals surface area contributed by atoms with Crippen LogP contribution in [-0.4, -0.2) is 23.9 Å². The fourth-order valence-corrected chi connectivity index (χ4v) is 1.95. The summed E-state index contributed by atoms with van der Waals surface area (Å²) in [6.45, 7) is 2.26. The molecule has 0 amide bonds. The molecule has 0 aliphatic rings. The highest BCUT2D eigenvalue weighted by molar-refractivity contribution is 5.65. The molecular formula is C13H15F2N3O. The van der Waals surface area contributed by atoms with Gasteiger partial charge in [-0.05, 0) is 25.1 Å². The van der Waals surface area contributed by atoms with Crippen molar-refractivity contribution in [3.8, 4) is 17.0 Å². The first-order chi connectivity index (χ1) is 9.08. The molecular weight excluding hydrogens is 252 g/mol. The van der Waals surface area contributed by atoms with Gasteiger partial charge in [0.2, 0.25) is 0 Å². The van der Waals surface area contributed by atoms with Crippen LogP contribution in [0.15, 0.2) is 12.1 Å². The standard InChI is InChI=1S/C13H15F2N3O/c1-7-11(3-4-16)17-18-13(7)8-5-10(15)12(19-2)6-9(8)14/h5-6H,3-4,16H2,1-2H3,(H,17,18). The maximum absolute atomic E-state index is 14.0. The first kappa shape index (κ1) is 13.5. The lowest BCUT2D eigenvalue weighted by atomic mass is 10.0. The van der Waals surface area contributed by atoms with Crippen molar-refractivity contribution in [2.24, 2.45) is 5.73 Å². The number of benzene rings is 1. The number of H-pyrrole nitrogens is 1. The van der Waals surface area contributed by atoms with Crippen LogP contribution in [0.4, 0.5) is 8.78 Å². The second-order valence-electron chi connectivity index (χ2n) is 4.18. The largest absolute Gasteiger partial charge is 0.494 e. The van der Waals surface area contributed by atoms with E-state index in [4.69, 9.17) is 10.5 Å². The van der Waals surface area contributed by atoms with Gasteiger partial charge < -0.3 is 10.5 Å². The molecule has 0 saturated heterocycles. The average molecular weight is 267 g/mol. The van der Waals surface area contributed by atoms with E-state index in [1.54, 1.807) is 6.92 Å². The van der Waals surface area contributed by atoms with Gasteiger partial charge in [-0.25, -0.2) is 8.78 Å². The number of aromatic nitrogens is 2. The minimum Gasteiger partial charge on any atom is -0.494 e. The SMILES string of the molecule is COc1cc(F)c(-c2n[nH]c(CCN)c2C)cc1F. The van der Waals surface area contributed by atoms with Gasteiger partial charge in [0.05, 0.1) is 12.8 Å². The maximum atomic E-state index is 14.0. The molecule has 1 aromatic heterocycles. The van der Waals surface area contributed by atoms with E-state index in [2.05, 4.69) is 10.2 Å². The number of nitrogens with one attached hydrogen (secondary N) is 1. The van der Waals surface area contributed by atoms with Crippen molar-refractivity contribution in [1.29, 1.82) is 0 Å². The van der Waals surface area contributed by atoms with Gasteiger partial charge in [-0.2, -0.15) is 5.10 Å². The Morgan fingerprint density at radius 1 is 1.32 bits per heavy atom. The van der Waals surface area contributed by atoms with Crippen molar-refractivity contribution >= 4 is 0 Å². The molecule has 6 heteroatoms. The Morgan fingerprint density at radius 3 is 2.68 bits per heavy atom. The Bertz CT molecular complexity index is 596. The van der Waals surface area contributed by atoms with Crippen LogP contribution in [-0.2, 0) is 6.42 Å². The molecule has 0 spiro atoms. The number of hydrogen-bond donors (Lipinski definition) is 2. The zero-order valence-corrected chi connectivity index (χ0v) is 10.8. The summed E-state index contributed by atoms with van der Waals surface area (Å²) in [6.07, 6.45) is 0.610. The summed E-state index contributed by atoms with van der Waals surface area (Å²) >= 11 is 0. The highest BCUT2D eigenvalue weighted by Gasteiger charge is 2.17. The summed E-state index contributed by atoms with van der Waals surface area (Å²) in [7, 11) is 1.29. The first-order valence-electron chi connectivity index (χ1n) is 5.85. The molecule has 0 atom stereocenters. The summed E-state index contributed by atoms with van der Waals surface area (Å²) < 4.78 is 32.3. The fraction of sp³-hybridized carbons (Fsp3) is 0.308. The van der Waals surface area contributed by atoms with E-state index >= 15 is 0 Å². The number of hydrogen-bond acceptors (Lipinski definition) is 3. The lowest BCUT2D eigenvalue weighted by Crippen LogP contribution is -2.04. The number of aromatic amines is 1. The lowest BCUT2D eigenvalue weighted by molar-refractivity contribution is 0.383. The Morgan fingerprint density at radius 2 is 2.05 bits per heavy atom. The van der Waals surface area contributed by atoms with E-state index in [9.17, 15) is 8.78 Å². The van der Waals surface area contributed by atoms with Gasteiger partial charge in [0.1, 0.15) is 5.82 Å². The van der Waals surface area contributed by atoms with E-state index in [1.807, 2.05) is 0 Å². The molecule has 0 aliphatic heterocycles. The van der Waals surface area contributed by atoms with E-state index in [-0.39, 0.29) is 11.3 Å². The molecule has 2 aromatic rings. The zero-order chi connectivity index (χ0) is 14.0. The number of rotatable bonds is 4. The predicted molar refractivity (Wildman–Crippen MR) is 68.0 cm³/mol. The highest BCUT2D eigenvalue weighted by Crippen LogP contribution is 2.30. The smallest absolute Gasteiger partial charge is 0.165 e. The van der Waals surface area contributed by atoms with E-state index in [1.165, 1.54) is 7.11 Å². The predicted octanol–water partition coefficient (Wildman–Crippen LogP) is 2.17. The first-order valence-corrected chi connectivity index (χ1v) is 5.85. The second-order valence-corrected chi connectivity index (χ2v) is 4.18. The molecule has 3 N–H and O–H groups in total. The van der Waals surface area contributed by atoms with Gasteiger partial charge in [-0.1, -0.05) is 0 Å². The third-order valence-corrected chi connectivity index (χ3v) is 3.00. The van der Waals surface area contributed by atoms with Gasteiger partial charge in [0.25, 0.3) is 0 Å². The molecule has 102 valence electrons. The number of nitrogens with zero attached hydrogens (tertiary/aromatic N) is 1. The Balaban J connectivity index is 2.50. The Kier molecular flexibility index (Phi) is 3.80. The van der Waals surface area contributed by atoms with E-state index < -0.39 is 11.6 Å². The monoisotopic (exact) mass is 267 g/mol. The van der Waals surface area contributed by atoms with Gasteiger partial charge >= 0.3 is 0 Å². The summed E-state index contributed by atoms with van der Waals surface area (Å²) in [6, 6.07) is 2.10. The van der Waals surface area contributed by atoms with Crippen LogP contribution in [0.2, 0.25) is 0 Å². The Labute approximate surface area is 109 Å². The molecule has 0 aliphatic carbocycles. The normalized spacial score (nSPS) is 10.8. The quantitative estimate of drug-likeness (QED) is 0.892. The van der Waals surface area contributed by atoms with Crippen LogP contribution in [0, 0.1) is 18.6 Å². The molecule has 0 radical (unpaired) electrons. The molecule has 19 heavy (non-hydrogen) atoms. The molecule has 1 aromatic carbocycles. The van der Waals surface area contributed by atoms with Crippen molar-refractivity contribution in [2.75, 3.05) is 13.7 Å². The third-order valence-electron chi connectivity index (χ3n) is 3.00. The molecule has 2 rings (SSSR count). The molecule has 0 saturated carbocycles. The molecule has 0 unspecified atom stereocenters. The molecule has 0 fully saturated rings. The van der Waals surface area contributed by atoms with Gasteiger partial charge in [0.15, 0.2) is 11.6 Å². The fourth-order valence-electron chi connectivity index (χ4n) is 1.95.